The Bertz CT molecular complexity index is 249. The van der Waals surface area contributed by atoms with Gasteiger partial charge in [-0.1, -0.05) is 27.7 Å². The molecule has 0 radical (unpaired) electrons. The number of rotatable bonds is 1. The fourth-order valence-electron chi connectivity index (χ4n) is 4.22. The largest absolute Gasteiger partial charge is 0.325 e. The Kier molecular flexibility index (Phi) is 3.60. The van der Waals surface area contributed by atoms with Crippen molar-refractivity contribution >= 4 is 0 Å². The lowest BCUT2D eigenvalue weighted by molar-refractivity contribution is 0.0684. The summed E-state index contributed by atoms with van der Waals surface area (Å²) < 4.78 is 0. The third kappa shape index (κ3) is 3.05. The molecular weight excluding hydrogens is 206 g/mol. The van der Waals surface area contributed by atoms with Crippen LogP contribution in [0.5, 0.6) is 0 Å². The SMILES string of the molecule is CC1CC(C)CC(C2(N)CCC(C)(C)CC2)C1. The summed E-state index contributed by atoms with van der Waals surface area (Å²) >= 11 is 0. The first kappa shape index (κ1) is 13.4. The second-order valence-electron chi connectivity index (χ2n) is 8.01. The minimum Gasteiger partial charge on any atom is -0.325 e. The minimum absolute atomic E-state index is 0.165. The minimum atomic E-state index is 0.165. The summed E-state index contributed by atoms with van der Waals surface area (Å²) in [5.74, 6) is 2.57. The highest BCUT2D eigenvalue weighted by molar-refractivity contribution is 4.99. The van der Waals surface area contributed by atoms with E-state index in [-0.39, 0.29) is 5.54 Å². The first-order valence-electron chi connectivity index (χ1n) is 7.60. The van der Waals surface area contributed by atoms with Crippen molar-refractivity contribution < 1.29 is 0 Å². The van der Waals surface area contributed by atoms with Crippen LogP contribution in [0, 0.1) is 23.2 Å². The van der Waals surface area contributed by atoms with Gasteiger partial charge in [0.15, 0.2) is 0 Å². The molecule has 2 aliphatic rings. The molecule has 2 saturated carbocycles. The van der Waals surface area contributed by atoms with Crippen molar-refractivity contribution in [1.82, 2.24) is 0 Å². The molecule has 0 aliphatic heterocycles. The van der Waals surface area contributed by atoms with Crippen molar-refractivity contribution in [3.05, 3.63) is 0 Å². The smallest absolute Gasteiger partial charge is 0.0183 e. The van der Waals surface area contributed by atoms with Gasteiger partial charge in [0.25, 0.3) is 0 Å². The summed E-state index contributed by atoms with van der Waals surface area (Å²) in [6, 6.07) is 0. The van der Waals surface area contributed by atoms with Gasteiger partial charge in [-0.2, -0.15) is 0 Å². The molecule has 0 spiro atoms. The van der Waals surface area contributed by atoms with E-state index < -0.39 is 0 Å². The van der Waals surface area contributed by atoms with Crippen LogP contribution in [0.1, 0.15) is 72.6 Å². The van der Waals surface area contributed by atoms with Crippen LogP contribution in [-0.2, 0) is 0 Å². The van der Waals surface area contributed by atoms with Gasteiger partial charge in [-0.25, -0.2) is 0 Å². The highest BCUT2D eigenvalue weighted by atomic mass is 14.8. The number of hydrogen-bond acceptors (Lipinski definition) is 1. The molecule has 2 N–H and O–H groups in total. The fraction of sp³-hybridized carbons (Fsp3) is 1.00. The van der Waals surface area contributed by atoms with Crippen molar-refractivity contribution in [1.29, 1.82) is 0 Å². The van der Waals surface area contributed by atoms with E-state index in [2.05, 4.69) is 27.7 Å². The fourth-order valence-corrected chi connectivity index (χ4v) is 4.22. The van der Waals surface area contributed by atoms with Crippen LogP contribution in [0.15, 0.2) is 0 Å². The molecule has 0 saturated heterocycles. The maximum Gasteiger partial charge on any atom is 0.0183 e. The Hall–Kier alpha value is -0.0400. The highest BCUT2D eigenvalue weighted by Crippen LogP contribution is 2.47. The van der Waals surface area contributed by atoms with E-state index in [0.29, 0.717) is 5.41 Å². The van der Waals surface area contributed by atoms with Crippen LogP contribution >= 0.6 is 0 Å². The quantitative estimate of drug-likeness (QED) is 0.720. The Morgan fingerprint density at radius 3 is 1.76 bits per heavy atom. The summed E-state index contributed by atoms with van der Waals surface area (Å²) in [6.07, 6.45) is 9.32. The van der Waals surface area contributed by atoms with Gasteiger partial charge in [0, 0.05) is 5.54 Å². The van der Waals surface area contributed by atoms with Crippen LogP contribution < -0.4 is 5.73 Å². The zero-order valence-electron chi connectivity index (χ0n) is 12.3. The van der Waals surface area contributed by atoms with Crippen LogP contribution in [0.25, 0.3) is 0 Å². The molecule has 0 aromatic heterocycles. The summed E-state index contributed by atoms with van der Waals surface area (Å²) in [6.45, 7) is 9.63. The van der Waals surface area contributed by atoms with Crippen LogP contribution in [0.4, 0.5) is 0 Å². The molecule has 100 valence electrons. The van der Waals surface area contributed by atoms with Gasteiger partial charge in [-0.3, -0.25) is 0 Å². The third-order valence-electron chi connectivity index (χ3n) is 5.53. The van der Waals surface area contributed by atoms with Crippen molar-refractivity contribution in [2.75, 3.05) is 0 Å². The maximum atomic E-state index is 6.78. The third-order valence-corrected chi connectivity index (χ3v) is 5.53. The predicted octanol–water partition coefficient (Wildman–Crippen LogP) is 4.36. The average molecular weight is 237 g/mol. The molecule has 2 fully saturated rings. The van der Waals surface area contributed by atoms with Gasteiger partial charge in [-0.15, -0.1) is 0 Å². The van der Waals surface area contributed by atoms with Crippen LogP contribution in [0.2, 0.25) is 0 Å². The molecular formula is C16H31N. The normalized spacial score (nSPS) is 41.1. The Morgan fingerprint density at radius 2 is 1.29 bits per heavy atom. The van der Waals surface area contributed by atoms with Gasteiger partial charge in [-0.05, 0) is 68.1 Å². The van der Waals surface area contributed by atoms with Crippen LogP contribution in [-0.4, -0.2) is 5.54 Å². The second kappa shape index (κ2) is 4.57. The van der Waals surface area contributed by atoms with Gasteiger partial charge >= 0.3 is 0 Å². The predicted molar refractivity (Wildman–Crippen MR) is 74.8 cm³/mol. The zero-order chi connectivity index (χ0) is 12.7. The summed E-state index contributed by atoms with van der Waals surface area (Å²) in [4.78, 5) is 0. The number of nitrogens with two attached hydrogens (primary N) is 1. The molecule has 0 bridgehead atoms. The van der Waals surface area contributed by atoms with E-state index in [1.807, 2.05) is 0 Å². The van der Waals surface area contributed by atoms with E-state index >= 15 is 0 Å². The van der Waals surface area contributed by atoms with E-state index in [1.54, 1.807) is 0 Å². The van der Waals surface area contributed by atoms with Gasteiger partial charge in [0.05, 0.1) is 0 Å². The molecule has 2 atom stereocenters. The molecule has 17 heavy (non-hydrogen) atoms. The first-order valence-corrected chi connectivity index (χ1v) is 7.60. The Morgan fingerprint density at radius 1 is 0.824 bits per heavy atom. The van der Waals surface area contributed by atoms with Crippen molar-refractivity contribution in [2.24, 2.45) is 28.9 Å². The maximum absolute atomic E-state index is 6.78. The lowest BCUT2D eigenvalue weighted by atomic mass is 9.60. The van der Waals surface area contributed by atoms with E-state index in [4.69, 9.17) is 5.73 Å². The van der Waals surface area contributed by atoms with E-state index in [1.165, 1.54) is 44.9 Å². The second-order valence-corrected chi connectivity index (χ2v) is 8.01. The lowest BCUT2D eigenvalue weighted by Gasteiger charge is -2.49. The molecule has 0 heterocycles. The van der Waals surface area contributed by atoms with E-state index in [9.17, 15) is 0 Å². The standard InChI is InChI=1S/C16H31N/c1-12-9-13(2)11-14(10-12)16(17)7-5-15(3,4)6-8-16/h12-14H,5-11,17H2,1-4H3. The molecule has 1 heteroatoms. The van der Waals surface area contributed by atoms with Gasteiger partial charge in [0.2, 0.25) is 0 Å². The van der Waals surface area contributed by atoms with Crippen molar-refractivity contribution in [2.45, 2.75) is 78.2 Å². The first-order chi connectivity index (χ1) is 7.81. The molecule has 2 rings (SSSR count). The average Bonchev–Trinajstić information content (AvgIpc) is 2.22. The summed E-state index contributed by atoms with van der Waals surface area (Å²) in [7, 11) is 0. The van der Waals surface area contributed by atoms with Gasteiger partial charge < -0.3 is 5.73 Å². The highest BCUT2D eigenvalue weighted by Gasteiger charge is 2.42. The lowest BCUT2D eigenvalue weighted by Crippen LogP contribution is -2.52. The van der Waals surface area contributed by atoms with Crippen molar-refractivity contribution in [3.63, 3.8) is 0 Å². The molecule has 2 unspecified atom stereocenters. The molecule has 0 aromatic carbocycles. The van der Waals surface area contributed by atoms with Crippen LogP contribution in [0.3, 0.4) is 0 Å². The topological polar surface area (TPSA) is 26.0 Å². The molecule has 2 aliphatic carbocycles. The van der Waals surface area contributed by atoms with E-state index in [0.717, 1.165) is 17.8 Å². The van der Waals surface area contributed by atoms with Crippen molar-refractivity contribution in [3.8, 4) is 0 Å². The summed E-state index contributed by atoms with van der Waals surface area (Å²) in [5.41, 5.74) is 7.48. The Labute approximate surface area is 108 Å². The number of hydrogen-bond donors (Lipinski definition) is 1. The monoisotopic (exact) mass is 237 g/mol. The summed E-state index contributed by atoms with van der Waals surface area (Å²) in [5, 5.41) is 0. The molecule has 0 aromatic rings. The van der Waals surface area contributed by atoms with Gasteiger partial charge in [0.1, 0.15) is 0 Å². The molecule has 1 nitrogen and oxygen atoms in total. The zero-order valence-corrected chi connectivity index (χ0v) is 12.3. The Balaban J connectivity index is 2.01. The molecule has 0 amide bonds.